The molecule has 4 nitrogen and oxygen atoms in total. The van der Waals surface area contributed by atoms with Crippen molar-refractivity contribution in [3.05, 3.63) is 0 Å². The summed E-state index contributed by atoms with van der Waals surface area (Å²) in [6, 6.07) is 0. The van der Waals surface area contributed by atoms with Gasteiger partial charge in [-0.15, -0.1) is 0 Å². The quantitative estimate of drug-likeness (QED) is 0.442. The molecule has 13 heavy (non-hydrogen) atoms. The molecule has 0 saturated heterocycles. The summed E-state index contributed by atoms with van der Waals surface area (Å²) in [7, 11) is 0. The molecule has 0 atom stereocenters. The topological polar surface area (TPSA) is 98.2 Å². The van der Waals surface area contributed by atoms with Crippen LogP contribution in [0.5, 0.6) is 0 Å². The third-order valence-corrected chi connectivity index (χ3v) is 0. The van der Waals surface area contributed by atoms with Gasteiger partial charge in [-0.1, -0.05) is 52.1 Å². The molecule has 0 bridgehead atoms. The summed E-state index contributed by atoms with van der Waals surface area (Å²) < 4.78 is 0. The Morgan fingerprint density at radius 1 is 0.846 bits per heavy atom. The maximum atomic E-state index is 9.04. The second kappa shape index (κ2) is 40.6. The average Bonchev–Trinajstić information content (AvgIpc) is 1.93. The summed E-state index contributed by atoms with van der Waals surface area (Å²) in [5, 5.41) is 16.6. The van der Waals surface area contributed by atoms with E-state index in [-0.39, 0.29) is 17.1 Å². The van der Waals surface area contributed by atoms with Crippen molar-refractivity contribution in [2.75, 3.05) is 0 Å². The molecule has 0 aliphatic rings. The van der Waals surface area contributed by atoms with E-state index in [0.29, 0.717) is 0 Å². The Balaban J connectivity index is -0.0000000226. The molecular weight excluding hydrogens is 252 g/mol. The molecule has 0 aliphatic heterocycles. The summed E-state index contributed by atoms with van der Waals surface area (Å²) >= 11 is 7.52. The van der Waals surface area contributed by atoms with Gasteiger partial charge in [0.05, 0.1) is 0 Å². The largest absolute Gasteiger partial charge is 2.00 e. The van der Waals surface area contributed by atoms with E-state index in [0.717, 1.165) is 0 Å². The smallest absolute Gasteiger partial charge is 0.852 e. The van der Waals surface area contributed by atoms with Crippen molar-refractivity contribution in [3.8, 4) is 0 Å². The normalized spacial score (nSPS) is 4.62. The van der Waals surface area contributed by atoms with Crippen molar-refractivity contribution in [1.29, 1.82) is 0 Å². The predicted octanol–water partition coefficient (Wildman–Crippen LogP) is -0.769. The fraction of sp³-hybridized carbons (Fsp3) is 0.667. The second-order valence-electron chi connectivity index (χ2n) is 0.638. The Morgan fingerprint density at radius 3 is 0.846 bits per heavy atom. The Bertz CT molecular complexity index is 84.6. The molecule has 7 heteroatoms. The summed E-state index contributed by atoms with van der Waals surface area (Å²) in [6.45, 7) is 8.00. The van der Waals surface area contributed by atoms with Crippen LogP contribution in [0.4, 0.5) is 0 Å². The van der Waals surface area contributed by atoms with E-state index in [1.54, 1.807) is 0 Å². The molecule has 0 aliphatic carbocycles. The molecule has 0 unspecified atom stereocenters. The molecule has 0 fully saturated rings. The van der Waals surface area contributed by atoms with E-state index in [2.05, 4.69) is 35.9 Å². The molecule has 0 rings (SSSR count). The third-order valence-electron chi connectivity index (χ3n) is 0. The van der Waals surface area contributed by atoms with E-state index in [4.69, 9.17) is 10.2 Å². The van der Waals surface area contributed by atoms with Crippen LogP contribution in [0.2, 0.25) is 0 Å². The van der Waals surface area contributed by atoms with E-state index in [1.165, 1.54) is 0 Å². The molecule has 0 spiro atoms. The minimum atomic E-state index is -0.750. The molecule has 0 aromatic rings. The first-order valence-electron chi connectivity index (χ1n) is 3.39. The number of rotatable bonds is 0. The Kier molecular flexibility index (Phi) is 91.5. The zero-order valence-electron chi connectivity index (χ0n) is 8.14. The van der Waals surface area contributed by atoms with Gasteiger partial charge in [-0.05, 0) is 0 Å². The van der Waals surface area contributed by atoms with Crippen molar-refractivity contribution >= 4 is 34.8 Å². The average molecular weight is 268 g/mol. The first kappa shape index (κ1) is 29.3. The van der Waals surface area contributed by atoms with Crippen LogP contribution in [0.15, 0.2) is 0 Å². The minimum absolute atomic E-state index is 0. The number of hydrogen-bond donors (Lipinski definition) is 2. The van der Waals surface area contributed by atoms with Gasteiger partial charge >= 0.3 is 17.1 Å². The van der Waals surface area contributed by atoms with Gasteiger partial charge in [-0.2, -0.15) is 0 Å². The standard InChI is InChI=1S/2C2H6.2CH3NOS.Fe/c2*1-2;2*2-1(3)4;/h2*1-2H3;2*(H3,2,3,4);/q;;;;+2/p-2. The van der Waals surface area contributed by atoms with Crippen molar-refractivity contribution in [2.24, 2.45) is 11.5 Å². The maximum Gasteiger partial charge on any atom is 2.00 e. The second-order valence-corrected chi connectivity index (χ2v) is 1.44. The summed E-state index contributed by atoms with van der Waals surface area (Å²) in [4.78, 5) is 0. The van der Waals surface area contributed by atoms with E-state index in [9.17, 15) is 0 Å². The van der Waals surface area contributed by atoms with Gasteiger partial charge in [0.15, 0.2) is 0 Å². The third kappa shape index (κ3) is 115000. The number of hydrogen-bond acceptors (Lipinski definition) is 4. The summed E-state index contributed by atoms with van der Waals surface area (Å²) in [5.41, 5.74) is 8.57. The van der Waals surface area contributed by atoms with Gasteiger partial charge in [0.2, 0.25) is 0 Å². The molecular formula is C6H16FeN2O2S2. The first-order valence-corrected chi connectivity index (χ1v) is 4.21. The molecule has 0 aromatic heterocycles. The molecule has 0 aromatic carbocycles. The Labute approximate surface area is 101 Å². The Hall–Kier alpha value is -0.101. The van der Waals surface area contributed by atoms with Crippen molar-refractivity contribution in [3.63, 3.8) is 0 Å². The molecule has 0 radical (unpaired) electrons. The molecule has 0 heterocycles. The van der Waals surface area contributed by atoms with Crippen LogP contribution in [0.1, 0.15) is 27.7 Å². The summed E-state index contributed by atoms with van der Waals surface area (Å²) in [6.07, 6.45) is 0. The molecule has 0 amide bonds. The van der Waals surface area contributed by atoms with Gasteiger partial charge in [-0.25, -0.2) is 0 Å². The predicted molar refractivity (Wildman–Crippen MR) is 56.3 cm³/mol. The Morgan fingerprint density at radius 2 is 0.846 bits per heavy atom. The van der Waals surface area contributed by atoms with Gasteiger partial charge in [0.25, 0.3) is 0 Å². The SMILES string of the molecule is CC.CC.NC([O-])=S.NC([O-])=S.[Fe+2]. The van der Waals surface area contributed by atoms with E-state index in [1.807, 2.05) is 27.7 Å². The van der Waals surface area contributed by atoms with Crippen molar-refractivity contribution in [2.45, 2.75) is 27.7 Å². The monoisotopic (exact) mass is 268 g/mol. The summed E-state index contributed by atoms with van der Waals surface area (Å²) in [5.74, 6) is 0. The molecule has 82 valence electrons. The number of nitrogens with two attached hydrogens (primary N) is 2. The fourth-order valence-electron chi connectivity index (χ4n) is 0. The van der Waals surface area contributed by atoms with Crippen LogP contribution in [0.25, 0.3) is 0 Å². The van der Waals surface area contributed by atoms with Gasteiger partial charge in [0.1, 0.15) is 0 Å². The fourth-order valence-corrected chi connectivity index (χ4v) is 0. The van der Waals surface area contributed by atoms with Crippen molar-refractivity contribution < 1.29 is 27.3 Å². The van der Waals surface area contributed by atoms with E-state index < -0.39 is 10.3 Å². The molecule has 4 N–H and O–H groups in total. The van der Waals surface area contributed by atoms with Crippen LogP contribution >= 0.6 is 24.4 Å². The maximum absolute atomic E-state index is 9.04. The van der Waals surface area contributed by atoms with Crippen LogP contribution in [0, 0.1) is 0 Å². The van der Waals surface area contributed by atoms with Gasteiger partial charge in [0, 0.05) is 10.3 Å². The first-order chi connectivity index (χ1) is 5.46. The minimum Gasteiger partial charge on any atom is -0.852 e. The van der Waals surface area contributed by atoms with E-state index >= 15 is 0 Å². The zero-order chi connectivity index (χ0) is 11.2. The molecule has 0 saturated carbocycles. The van der Waals surface area contributed by atoms with Crippen molar-refractivity contribution in [1.82, 2.24) is 0 Å². The number of thiocarbonyl (C=S) groups is 2. The van der Waals surface area contributed by atoms with Crippen LogP contribution < -0.4 is 21.7 Å². The van der Waals surface area contributed by atoms with Gasteiger partial charge < -0.3 is 21.7 Å². The van der Waals surface area contributed by atoms with Crippen LogP contribution in [0.3, 0.4) is 0 Å². The zero-order valence-corrected chi connectivity index (χ0v) is 10.9. The van der Waals surface area contributed by atoms with Gasteiger partial charge in [-0.3, -0.25) is 0 Å². The van der Waals surface area contributed by atoms with Crippen LogP contribution in [-0.4, -0.2) is 10.3 Å². The van der Waals surface area contributed by atoms with Crippen LogP contribution in [-0.2, 0) is 17.1 Å².